The Morgan fingerprint density at radius 1 is 1.33 bits per heavy atom. The zero-order valence-electron chi connectivity index (χ0n) is 10.3. The van der Waals surface area contributed by atoms with E-state index >= 15 is 0 Å². The summed E-state index contributed by atoms with van der Waals surface area (Å²) in [6.07, 6.45) is 2.14. The van der Waals surface area contributed by atoms with Crippen LogP contribution in [0, 0.1) is 0 Å². The van der Waals surface area contributed by atoms with Gasteiger partial charge in [0, 0.05) is 16.4 Å². The summed E-state index contributed by atoms with van der Waals surface area (Å²) in [6.45, 7) is 0.517. The van der Waals surface area contributed by atoms with E-state index in [1.807, 2.05) is 18.2 Å². The lowest BCUT2D eigenvalue weighted by Gasteiger charge is -2.17. The van der Waals surface area contributed by atoms with Crippen molar-refractivity contribution >= 4 is 10.9 Å². The van der Waals surface area contributed by atoms with Crippen molar-refractivity contribution < 1.29 is 9.57 Å². The number of ether oxygens (including phenoxy) is 1. The number of methoxy groups -OCH3 is 1. The lowest BCUT2D eigenvalue weighted by atomic mass is 9.96. The first kappa shape index (κ1) is 11.4. The molecule has 3 rings (SSSR count). The zero-order chi connectivity index (χ0) is 12.6. The quantitative estimate of drug-likeness (QED) is 0.837. The molecule has 0 amide bonds. The van der Waals surface area contributed by atoms with E-state index in [0.717, 1.165) is 29.3 Å². The van der Waals surface area contributed by atoms with E-state index in [2.05, 4.69) is 17.1 Å². The van der Waals surface area contributed by atoms with Crippen molar-refractivity contribution in [3.8, 4) is 5.88 Å². The first-order chi connectivity index (χ1) is 8.79. The normalized spacial score (nSPS) is 16.8. The van der Waals surface area contributed by atoms with Gasteiger partial charge in [0.15, 0.2) is 0 Å². The Morgan fingerprint density at radius 3 is 2.78 bits per heavy atom. The van der Waals surface area contributed by atoms with Gasteiger partial charge >= 0.3 is 0 Å². The molecule has 1 aromatic heterocycles. The van der Waals surface area contributed by atoms with E-state index in [0.29, 0.717) is 12.5 Å². The summed E-state index contributed by atoms with van der Waals surface area (Å²) in [4.78, 5) is 9.42. The maximum Gasteiger partial charge on any atom is 0.217 e. The van der Waals surface area contributed by atoms with Crippen molar-refractivity contribution in [2.45, 2.75) is 18.3 Å². The number of nitrogens with zero attached hydrogens (tertiary/aromatic N) is 1. The van der Waals surface area contributed by atoms with E-state index in [4.69, 9.17) is 15.5 Å². The number of pyridine rings is 1. The second-order valence-electron chi connectivity index (χ2n) is 4.83. The molecular weight excluding hydrogens is 228 g/mol. The van der Waals surface area contributed by atoms with Crippen molar-refractivity contribution in [3.63, 3.8) is 0 Å². The highest BCUT2D eigenvalue weighted by Crippen LogP contribution is 2.51. The monoisotopic (exact) mass is 244 g/mol. The summed E-state index contributed by atoms with van der Waals surface area (Å²) in [5.41, 5.74) is 2.05. The maximum absolute atomic E-state index is 5.42. The summed E-state index contributed by atoms with van der Waals surface area (Å²) in [5.74, 6) is 5.92. The summed E-state index contributed by atoms with van der Waals surface area (Å²) in [5, 5.41) is 1.12. The van der Waals surface area contributed by atoms with Crippen LogP contribution in [0.5, 0.6) is 5.88 Å². The minimum Gasteiger partial charge on any atom is -0.481 e. The van der Waals surface area contributed by atoms with Crippen LogP contribution in [-0.2, 0) is 10.3 Å². The number of hydrogen-bond donors (Lipinski definition) is 1. The van der Waals surface area contributed by atoms with Gasteiger partial charge in [-0.05, 0) is 25.0 Å². The van der Waals surface area contributed by atoms with Crippen LogP contribution in [0.1, 0.15) is 18.4 Å². The molecule has 0 atom stereocenters. The van der Waals surface area contributed by atoms with E-state index in [-0.39, 0.29) is 5.41 Å². The second kappa shape index (κ2) is 4.23. The molecule has 0 bridgehead atoms. The SMILES string of the molecule is COc1nc2ccccc2cc1C1(CON)CC1. The van der Waals surface area contributed by atoms with Gasteiger partial charge in [-0.25, -0.2) is 10.9 Å². The van der Waals surface area contributed by atoms with E-state index < -0.39 is 0 Å². The molecule has 0 saturated heterocycles. The van der Waals surface area contributed by atoms with Gasteiger partial charge in [-0.15, -0.1) is 0 Å². The topological polar surface area (TPSA) is 57.4 Å². The Kier molecular flexibility index (Phi) is 2.69. The molecule has 1 aromatic carbocycles. The Hall–Kier alpha value is -1.65. The molecule has 1 fully saturated rings. The minimum atomic E-state index is -0.00285. The highest BCUT2D eigenvalue weighted by Gasteiger charge is 2.47. The summed E-state index contributed by atoms with van der Waals surface area (Å²) < 4.78 is 5.42. The highest BCUT2D eigenvalue weighted by atomic mass is 16.6. The molecule has 1 aliphatic rings. The van der Waals surface area contributed by atoms with Crippen LogP contribution in [0.2, 0.25) is 0 Å². The lowest BCUT2D eigenvalue weighted by Crippen LogP contribution is -2.19. The van der Waals surface area contributed by atoms with Crippen molar-refractivity contribution in [1.29, 1.82) is 0 Å². The van der Waals surface area contributed by atoms with Gasteiger partial charge in [0.1, 0.15) is 0 Å². The maximum atomic E-state index is 5.42. The number of hydrogen-bond acceptors (Lipinski definition) is 4. The molecule has 1 aliphatic carbocycles. The van der Waals surface area contributed by atoms with Crippen LogP contribution in [0.25, 0.3) is 10.9 Å². The standard InChI is InChI=1S/C14H16N2O2/c1-17-13-11(14(6-7-14)9-18-15)8-10-4-2-3-5-12(10)16-13/h2-5,8H,6-7,9,15H2,1H3. The van der Waals surface area contributed by atoms with Gasteiger partial charge in [-0.1, -0.05) is 18.2 Å². The van der Waals surface area contributed by atoms with E-state index in [1.165, 1.54) is 0 Å². The van der Waals surface area contributed by atoms with Crippen LogP contribution >= 0.6 is 0 Å². The minimum absolute atomic E-state index is 0.00285. The lowest BCUT2D eigenvalue weighted by molar-refractivity contribution is 0.115. The van der Waals surface area contributed by atoms with Crippen molar-refractivity contribution in [3.05, 3.63) is 35.9 Å². The molecule has 0 spiro atoms. The summed E-state index contributed by atoms with van der Waals surface area (Å²) >= 11 is 0. The Labute approximate surface area is 106 Å². The number of aromatic nitrogens is 1. The Bertz CT molecular complexity index is 579. The average Bonchev–Trinajstić information content (AvgIpc) is 3.18. The largest absolute Gasteiger partial charge is 0.481 e. The molecule has 0 radical (unpaired) electrons. The smallest absolute Gasteiger partial charge is 0.217 e. The van der Waals surface area contributed by atoms with Crippen molar-refractivity contribution in [2.24, 2.45) is 5.90 Å². The molecule has 1 heterocycles. The van der Waals surface area contributed by atoms with Crippen LogP contribution in [-0.4, -0.2) is 18.7 Å². The summed E-state index contributed by atoms with van der Waals surface area (Å²) in [6, 6.07) is 10.2. The molecule has 1 saturated carbocycles. The Balaban J connectivity index is 2.15. The van der Waals surface area contributed by atoms with Gasteiger partial charge in [0.25, 0.3) is 0 Å². The number of fused-ring (bicyclic) bond motifs is 1. The summed E-state index contributed by atoms with van der Waals surface area (Å²) in [7, 11) is 1.65. The molecule has 18 heavy (non-hydrogen) atoms. The fourth-order valence-electron chi connectivity index (χ4n) is 2.44. The van der Waals surface area contributed by atoms with Gasteiger partial charge in [-0.3, -0.25) is 0 Å². The molecule has 0 unspecified atom stereocenters. The number of benzene rings is 1. The third kappa shape index (κ3) is 1.74. The molecule has 2 N–H and O–H groups in total. The van der Waals surface area contributed by atoms with Gasteiger partial charge < -0.3 is 9.57 Å². The first-order valence-corrected chi connectivity index (χ1v) is 6.05. The predicted octanol–water partition coefficient (Wildman–Crippen LogP) is 2.17. The average molecular weight is 244 g/mol. The predicted molar refractivity (Wildman–Crippen MR) is 69.3 cm³/mol. The zero-order valence-corrected chi connectivity index (χ0v) is 10.3. The van der Waals surface area contributed by atoms with E-state index in [9.17, 15) is 0 Å². The number of rotatable bonds is 4. The molecular formula is C14H16N2O2. The van der Waals surface area contributed by atoms with Crippen molar-refractivity contribution in [2.75, 3.05) is 13.7 Å². The second-order valence-corrected chi connectivity index (χ2v) is 4.83. The van der Waals surface area contributed by atoms with Crippen molar-refractivity contribution in [1.82, 2.24) is 4.98 Å². The van der Waals surface area contributed by atoms with Gasteiger partial charge in [-0.2, -0.15) is 0 Å². The molecule has 4 heteroatoms. The number of para-hydroxylation sites is 1. The molecule has 2 aromatic rings. The number of nitrogens with two attached hydrogens (primary N) is 1. The molecule has 4 nitrogen and oxygen atoms in total. The highest BCUT2D eigenvalue weighted by molar-refractivity contribution is 5.80. The van der Waals surface area contributed by atoms with Gasteiger partial charge in [0.05, 0.1) is 19.2 Å². The Morgan fingerprint density at radius 2 is 2.11 bits per heavy atom. The molecule has 0 aliphatic heterocycles. The first-order valence-electron chi connectivity index (χ1n) is 6.05. The fourth-order valence-corrected chi connectivity index (χ4v) is 2.44. The van der Waals surface area contributed by atoms with E-state index in [1.54, 1.807) is 7.11 Å². The van der Waals surface area contributed by atoms with Crippen LogP contribution in [0.3, 0.4) is 0 Å². The molecule has 94 valence electrons. The third-order valence-corrected chi connectivity index (χ3v) is 3.67. The third-order valence-electron chi connectivity index (χ3n) is 3.67. The van der Waals surface area contributed by atoms with Gasteiger partial charge in [0.2, 0.25) is 5.88 Å². The van der Waals surface area contributed by atoms with Crippen LogP contribution in [0.15, 0.2) is 30.3 Å². The van der Waals surface area contributed by atoms with Crippen LogP contribution < -0.4 is 10.6 Å². The van der Waals surface area contributed by atoms with Crippen LogP contribution in [0.4, 0.5) is 0 Å². The fraction of sp³-hybridized carbons (Fsp3) is 0.357.